The molecule has 18 heteroatoms. The highest BCUT2D eigenvalue weighted by Crippen LogP contribution is 2.32. The normalized spacial score (nSPS) is 14.8. The van der Waals surface area contributed by atoms with Crippen LogP contribution in [0.1, 0.15) is 10.4 Å². The lowest BCUT2D eigenvalue weighted by atomic mass is 10.1. The van der Waals surface area contributed by atoms with Crippen LogP contribution in [0.4, 0.5) is 25.1 Å². The van der Waals surface area contributed by atoms with Gasteiger partial charge in [-0.05, 0) is 30.3 Å². The minimum absolute atomic E-state index is 0.0226. The molecule has 2 aromatic heterocycles. The number of aliphatic hydroxyl groups excluding tert-OH is 1. The number of imidazole rings is 1. The van der Waals surface area contributed by atoms with Crippen molar-refractivity contribution in [2.45, 2.75) is 0 Å². The second-order valence-electron chi connectivity index (χ2n) is 11.0. The number of benzene rings is 2. The van der Waals surface area contributed by atoms with Crippen LogP contribution in [0.5, 0.6) is 5.75 Å². The van der Waals surface area contributed by atoms with Gasteiger partial charge in [-0.2, -0.15) is 9.65 Å². The topological polar surface area (TPSA) is 180 Å². The molecule has 3 N–H and O–H groups in total. The molecule has 2 fully saturated rings. The van der Waals surface area contributed by atoms with Crippen LogP contribution in [0.3, 0.4) is 0 Å². The van der Waals surface area contributed by atoms with E-state index in [1.807, 2.05) is 4.90 Å². The number of nitrogens with zero attached hydrogens (tertiary/aromatic N) is 8. The number of nitriles is 1. The van der Waals surface area contributed by atoms with Crippen LogP contribution in [-0.2, 0) is 4.79 Å². The van der Waals surface area contributed by atoms with Crippen molar-refractivity contribution in [2.75, 3.05) is 71.0 Å². The largest absolute Gasteiger partial charge is 0.483 e. The number of hydrogen-bond donors (Lipinski definition) is 3. The molecule has 0 spiro atoms. The molecule has 6 rings (SSSR count). The Morgan fingerprint density at radius 2 is 1.66 bits per heavy atom. The number of fused-ring (bicyclic) bond motifs is 1. The van der Waals surface area contributed by atoms with Crippen molar-refractivity contribution in [2.24, 2.45) is 0 Å². The summed E-state index contributed by atoms with van der Waals surface area (Å²) in [7, 11) is 0. The fourth-order valence-corrected chi connectivity index (χ4v) is 5.87. The number of carbonyl (C=O) groups excluding carboxylic acids is 2. The van der Waals surface area contributed by atoms with Crippen molar-refractivity contribution in [3.8, 4) is 23.1 Å². The summed E-state index contributed by atoms with van der Waals surface area (Å²) >= 11 is 6.57. The van der Waals surface area contributed by atoms with Crippen LogP contribution >= 0.6 is 11.6 Å². The van der Waals surface area contributed by atoms with Gasteiger partial charge in [-0.1, -0.05) is 11.6 Å². The molecule has 50 heavy (non-hydrogen) atoms. The van der Waals surface area contributed by atoms with Crippen LogP contribution in [0.25, 0.3) is 16.9 Å². The molecule has 2 saturated heterocycles. The highest BCUT2D eigenvalue weighted by Gasteiger charge is 2.30. The Balaban J connectivity index is 0.00000156. The Morgan fingerprint density at radius 1 is 1.00 bits per heavy atom. The first-order chi connectivity index (χ1) is 24.2. The first-order valence-electron chi connectivity index (χ1n) is 15.3. The quantitative estimate of drug-likeness (QED) is 0.240. The van der Waals surface area contributed by atoms with Crippen molar-refractivity contribution in [1.82, 2.24) is 34.0 Å². The van der Waals surface area contributed by atoms with Crippen LogP contribution in [-0.4, -0.2) is 128 Å². The maximum absolute atomic E-state index is 15.0. The van der Waals surface area contributed by atoms with E-state index >= 15 is 0 Å². The zero-order valence-corrected chi connectivity index (χ0v) is 27.3. The van der Waals surface area contributed by atoms with Crippen molar-refractivity contribution in [3.05, 3.63) is 71.1 Å². The van der Waals surface area contributed by atoms with Crippen LogP contribution in [0, 0.1) is 23.0 Å². The number of nitrogens with one attached hydrogen (secondary N) is 1. The minimum Gasteiger partial charge on any atom is -0.483 e. The standard InChI is InChI=1S/C31H30ClF2N9O4.CH2O2/c32-23-17-20(1-2-21(23)30(45)40-12-14-42(15-13-40)31(46)41-10-8-39(19-44)9-11-41)38-28-29-37-18-24(43(29)7-6-36-28)22-3-4-25(47-16-5-35)27(34)26(22)33;2-1-3/h1-4,6-7,17-18,44H,8-16,19H2,(H,36,38);1H,(H,2,3). The van der Waals surface area contributed by atoms with Gasteiger partial charge in [0.25, 0.3) is 12.4 Å². The van der Waals surface area contributed by atoms with E-state index in [0.29, 0.717) is 75.1 Å². The van der Waals surface area contributed by atoms with Crippen LogP contribution < -0.4 is 10.1 Å². The van der Waals surface area contributed by atoms with Crippen molar-refractivity contribution in [3.63, 3.8) is 0 Å². The summed E-state index contributed by atoms with van der Waals surface area (Å²) in [6, 6.07) is 9.11. The first-order valence-corrected chi connectivity index (χ1v) is 15.7. The second-order valence-corrected chi connectivity index (χ2v) is 11.4. The first kappa shape index (κ1) is 35.7. The number of rotatable bonds is 7. The molecule has 0 radical (unpaired) electrons. The van der Waals surface area contributed by atoms with E-state index in [4.69, 9.17) is 31.5 Å². The number of aliphatic hydroxyl groups is 1. The molecule has 0 atom stereocenters. The third kappa shape index (κ3) is 7.67. The van der Waals surface area contributed by atoms with Gasteiger partial charge in [-0.25, -0.2) is 19.2 Å². The fraction of sp³-hybridized carbons (Fsp3) is 0.312. The highest BCUT2D eigenvalue weighted by atomic mass is 35.5. The molecule has 262 valence electrons. The Morgan fingerprint density at radius 3 is 2.30 bits per heavy atom. The number of urea groups is 1. The van der Waals surface area contributed by atoms with Gasteiger partial charge in [0.1, 0.15) is 6.07 Å². The fourth-order valence-electron chi connectivity index (χ4n) is 5.61. The van der Waals surface area contributed by atoms with Gasteiger partial charge in [-0.15, -0.1) is 0 Å². The van der Waals surface area contributed by atoms with Gasteiger partial charge < -0.3 is 35.0 Å². The van der Waals surface area contributed by atoms with Crippen LogP contribution in [0.15, 0.2) is 48.9 Å². The molecule has 4 aromatic rings. The van der Waals surface area contributed by atoms with E-state index in [2.05, 4.69) is 15.3 Å². The van der Waals surface area contributed by atoms with E-state index in [0.717, 1.165) is 0 Å². The Kier molecular flexibility index (Phi) is 11.6. The van der Waals surface area contributed by atoms with Gasteiger partial charge in [0.2, 0.25) is 5.82 Å². The van der Waals surface area contributed by atoms with Gasteiger partial charge in [0.05, 0.1) is 29.2 Å². The molecule has 2 aromatic carbocycles. The molecule has 2 aliphatic rings. The summed E-state index contributed by atoms with van der Waals surface area (Å²) in [5, 5.41) is 28.2. The van der Waals surface area contributed by atoms with Gasteiger partial charge >= 0.3 is 6.03 Å². The molecule has 15 nitrogen and oxygen atoms in total. The molecule has 2 aliphatic heterocycles. The molecular formula is C32H32ClF2N9O6. The van der Waals surface area contributed by atoms with E-state index in [-0.39, 0.29) is 47.2 Å². The van der Waals surface area contributed by atoms with Gasteiger partial charge in [0, 0.05) is 76.0 Å². The van der Waals surface area contributed by atoms with E-state index in [1.165, 1.54) is 24.5 Å². The summed E-state index contributed by atoms with van der Waals surface area (Å²) in [4.78, 5) is 50.4. The second kappa shape index (κ2) is 16.2. The van der Waals surface area contributed by atoms with Gasteiger partial charge in [0.15, 0.2) is 29.6 Å². The number of aromatic nitrogens is 3. The number of amides is 3. The smallest absolute Gasteiger partial charge is 0.320 e. The van der Waals surface area contributed by atoms with E-state index in [9.17, 15) is 23.5 Å². The predicted octanol–water partition coefficient (Wildman–Crippen LogP) is 3.12. The van der Waals surface area contributed by atoms with E-state index in [1.54, 1.807) is 49.6 Å². The average Bonchev–Trinajstić information content (AvgIpc) is 3.57. The van der Waals surface area contributed by atoms with Crippen molar-refractivity contribution >= 4 is 47.2 Å². The number of piperazine rings is 2. The summed E-state index contributed by atoms with van der Waals surface area (Å²) < 4.78 is 36.1. The molecule has 0 bridgehead atoms. The highest BCUT2D eigenvalue weighted by molar-refractivity contribution is 6.34. The lowest BCUT2D eigenvalue weighted by Gasteiger charge is -2.40. The van der Waals surface area contributed by atoms with E-state index < -0.39 is 18.2 Å². The summed E-state index contributed by atoms with van der Waals surface area (Å²) in [5.74, 6) is -2.67. The molecule has 0 unspecified atom stereocenters. The number of carboxylic acid groups (broad SMARTS) is 1. The lowest BCUT2D eigenvalue weighted by molar-refractivity contribution is -0.122. The number of hydrogen-bond acceptors (Lipinski definition) is 10. The lowest BCUT2D eigenvalue weighted by Crippen LogP contribution is -2.57. The molecule has 0 aliphatic carbocycles. The third-order valence-electron chi connectivity index (χ3n) is 8.19. The van der Waals surface area contributed by atoms with Crippen molar-refractivity contribution in [1.29, 1.82) is 5.26 Å². The summed E-state index contributed by atoms with van der Waals surface area (Å²) in [6.45, 7) is 3.19. The monoisotopic (exact) mass is 711 g/mol. The minimum atomic E-state index is -1.21. The summed E-state index contributed by atoms with van der Waals surface area (Å²) in [6.07, 6.45) is 4.41. The maximum Gasteiger partial charge on any atom is 0.320 e. The Hall–Kier alpha value is -5.57. The van der Waals surface area contributed by atoms with Crippen LogP contribution in [0.2, 0.25) is 5.02 Å². The zero-order valence-electron chi connectivity index (χ0n) is 26.5. The molecule has 3 amide bonds. The van der Waals surface area contributed by atoms with Crippen molar-refractivity contribution < 1.29 is 38.1 Å². The Bertz CT molecular complexity index is 1910. The SMILES string of the molecule is N#CCOc1ccc(-c2cnc3c(Nc4ccc(C(=O)N5CCN(C(=O)N6CCN(CO)CC6)CC5)c(Cl)c4)nccn23)c(F)c1F.O=CO. The number of anilines is 2. The maximum atomic E-state index is 15.0. The number of halogens is 3. The zero-order chi connectivity index (χ0) is 35.8. The molecular weight excluding hydrogens is 680 g/mol. The Labute approximate surface area is 289 Å². The third-order valence-corrected chi connectivity index (χ3v) is 8.50. The van der Waals surface area contributed by atoms with Gasteiger partial charge in [-0.3, -0.25) is 18.9 Å². The molecule has 0 saturated carbocycles. The average molecular weight is 712 g/mol. The molecule has 4 heterocycles. The predicted molar refractivity (Wildman–Crippen MR) is 176 cm³/mol. The summed E-state index contributed by atoms with van der Waals surface area (Å²) in [5.41, 5.74) is 1.36. The number of carbonyl (C=O) groups is 3. The number of ether oxygens (including phenoxy) is 1.